The fourth-order valence-electron chi connectivity index (χ4n) is 4.71. The Balaban J connectivity index is 0.00000433. The number of hydrogen-bond donors (Lipinski definition) is 0. The van der Waals surface area contributed by atoms with Crippen LogP contribution in [0.2, 0.25) is 0 Å². The standard InChI is InChI=1S/C42H33N4.ClH/c1-43-28-22-37(23-29-43)7-4-34-10-16-40(17-11-34)46(41-18-12-35(13-19-41)5-8-38-24-30-44(2)31-25-38)42-20-14-36(15-21-42)6-9-39-26-32-45(3)33-27-39;/h10-33H,1-3H3;1H/q+3;/p-1. The van der Waals surface area contributed by atoms with Gasteiger partial charge in [-0.2, -0.15) is 0 Å². The predicted molar refractivity (Wildman–Crippen MR) is 182 cm³/mol. The maximum Gasteiger partial charge on any atom is 0.169 e. The predicted octanol–water partition coefficient (Wildman–Crippen LogP) is 2.83. The Morgan fingerprint density at radius 2 is 0.511 bits per heavy atom. The van der Waals surface area contributed by atoms with Crippen molar-refractivity contribution < 1.29 is 26.1 Å². The molecule has 4 nitrogen and oxygen atoms in total. The van der Waals surface area contributed by atoms with E-state index < -0.39 is 0 Å². The molecule has 5 heteroatoms. The first kappa shape index (κ1) is 32.3. The van der Waals surface area contributed by atoms with Gasteiger partial charge in [0.25, 0.3) is 0 Å². The van der Waals surface area contributed by atoms with Gasteiger partial charge in [-0.1, -0.05) is 35.5 Å². The van der Waals surface area contributed by atoms with E-state index >= 15 is 0 Å². The second kappa shape index (κ2) is 15.2. The fourth-order valence-corrected chi connectivity index (χ4v) is 4.71. The Kier molecular flexibility index (Phi) is 10.5. The van der Waals surface area contributed by atoms with E-state index in [1.165, 1.54) is 0 Å². The smallest absolute Gasteiger partial charge is 0.169 e. The summed E-state index contributed by atoms with van der Waals surface area (Å²) in [7, 11) is 6.00. The average Bonchev–Trinajstić information content (AvgIpc) is 3.09. The van der Waals surface area contributed by atoms with Gasteiger partial charge in [0.15, 0.2) is 37.2 Å². The van der Waals surface area contributed by atoms with Crippen LogP contribution in [-0.4, -0.2) is 0 Å². The minimum atomic E-state index is 0. The zero-order valence-corrected chi connectivity index (χ0v) is 27.3. The molecule has 3 aromatic heterocycles. The molecule has 47 heavy (non-hydrogen) atoms. The highest BCUT2D eigenvalue weighted by molar-refractivity contribution is 5.77. The number of benzene rings is 3. The number of rotatable bonds is 3. The van der Waals surface area contributed by atoms with Crippen molar-refractivity contribution in [1.29, 1.82) is 0 Å². The molecule has 6 aromatic rings. The molecule has 3 aromatic carbocycles. The molecule has 0 amide bonds. The van der Waals surface area contributed by atoms with E-state index in [4.69, 9.17) is 0 Å². The molecular formula is C42H33ClN4+2. The maximum atomic E-state index is 3.29. The van der Waals surface area contributed by atoms with Crippen LogP contribution in [0.3, 0.4) is 0 Å². The van der Waals surface area contributed by atoms with Crippen LogP contribution in [0.4, 0.5) is 17.1 Å². The lowest BCUT2D eigenvalue weighted by molar-refractivity contribution is -0.671. The zero-order valence-electron chi connectivity index (χ0n) is 26.5. The van der Waals surface area contributed by atoms with Gasteiger partial charge in [0.2, 0.25) is 0 Å². The topological polar surface area (TPSA) is 14.9 Å². The summed E-state index contributed by atoms with van der Waals surface area (Å²) in [6.45, 7) is 0. The van der Waals surface area contributed by atoms with Crippen LogP contribution in [0.1, 0.15) is 33.4 Å². The van der Waals surface area contributed by atoms with E-state index in [9.17, 15) is 0 Å². The van der Waals surface area contributed by atoms with Crippen LogP contribution >= 0.6 is 0 Å². The lowest BCUT2D eigenvalue weighted by Crippen LogP contribution is -3.00. The van der Waals surface area contributed by atoms with E-state index in [0.29, 0.717) is 0 Å². The molecule has 0 aliphatic carbocycles. The van der Waals surface area contributed by atoms with Crippen molar-refractivity contribution in [2.45, 2.75) is 0 Å². The third-order valence-electron chi connectivity index (χ3n) is 7.37. The Bertz CT molecular complexity index is 1880. The number of pyridine rings is 3. The molecular weight excluding hydrogens is 596 g/mol. The molecule has 0 spiro atoms. The average molecular weight is 629 g/mol. The van der Waals surface area contributed by atoms with E-state index in [1.807, 2.05) is 108 Å². The van der Waals surface area contributed by atoms with Crippen molar-refractivity contribution in [1.82, 2.24) is 0 Å². The second-order valence-corrected chi connectivity index (χ2v) is 11.0. The van der Waals surface area contributed by atoms with Crippen molar-refractivity contribution in [3.63, 3.8) is 0 Å². The lowest BCUT2D eigenvalue weighted by Gasteiger charge is -2.25. The molecule has 6 rings (SSSR count). The van der Waals surface area contributed by atoms with Crippen LogP contribution < -0.4 is 31.0 Å². The van der Waals surface area contributed by atoms with Crippen molar-refractivity contribution in [2.75, 3.05) is 4.90 Å². The molecule has 0 fully saturated rings. The van der Waals surface area contributed by atoms with Gasteiger partial charge in [-0.05, 0) is 72.8 Å². The Labute approximate surface area is 283 Å². The summed E-state index contributed by atoms with van der Waals surface area (Å²) in [5.74, 6) is 19.7. The summed E-state index contributed by atoms with van der Waals surface area (Å²) in [6, 6.07) is 37.2. The largest absolute Gasteiger partial charge is 1.00 e. The number of anilines is 3. The van der Waals surface area contributed by atoms with Crippen LogP contribution in [0.25, 0.3) is 0 Å². The van der Waals surface area contributed by atoms with Crippen LogP contribution in [0.5, 0.6) is 0 Å². The summed E-state index contributed by atoms with van der Waals surface area (Å²) < 4.78 is 6.00. The first-order chi connectivity index (χ1) is 22.5. The zero-order chi connectivity index (χ0) is 31.7. The molecule has 0 bridgehead atoms. The first-order valence-electron chi connectivity index (χ1n) is 15.0. The van der Waals surface area contributed by atoms with Gasteiger partial charge in [-0.15, -0.1) is 0 Å². The molecule has 3 heterocycles. The first-order valence-corrected chi connectivity index (χ1v) is 15.0. The molecule has 0 aliphatic heterocycles. The minimum Gasteiger partial charge on any atom is -1.00 e. The van der Waals surface area contributed by atoms with Gasteiger partial charge >= 0.3 is 0 Å². The summed E-state index contributed by atoms with van der Waals surface area (Å²) in [5.41, 5.74) is 8.91. The monoisotopic (exact) mass is 628 g/mol. The highest BCUT2D eigenvalue weighted by Gasteiger charge is 2.12. The van der Waals surface area contributed by atoms with Gasteiger partial charge in [-0.3, -0.25) is 0 Å². The lowest BCUT2D eigenvalue weighted by atomic mass is 10.1. The Hall–Kier alpha value is -6.12. The second-order valence-electron chi connectivity index (χ2n) is 11.0. The number of halogens is 1. The Morgan fingerprint density at radius 3 is 0.723 bits per heavy atom. The number of aromatic nitrogens is 3. The quantitative estimate of drug-likeness (QED) is 0.217. The van der Waals surface area contributed by atoms with Crippen LogP contribution in [0.15, 0.2) is 146 Å². The number of aryl methyl sites for hydroxylation is 3. The molecule has 0 unspecified atom stereocenters. The van der Waals surface area contributed by atoms with Gasteiger partial charge < -0.3 is 17.3 Å². The molecule has 0 saturated heterocycles. The molecule has 0 saturated carbocycles. The third kappa shape index (κ3) is 8.75. The summed E-state index contributed by atoms with van der Waals surface area (Å²) in [5, 5.41) is 0. The molecule has 0 radical (unpaired) electrons. The Morgan fingerprint density at radius 1 is 0.319 bits per heavy atom. The van der Waals surface area contributed by atoms with E-state index in [1.54, 1.807) is 0 Å². The fraction of sp³-hybridized carbons (Fsp3) is 0.0714. The maximum absolute atomic E-state index is 3.29. The SMILES string of the molecule is C[n+]1ccc(C#Cc2ccc(N(c3ccc(C#Cc4cc[n+](C)cc4)cc3)c3ccc(C#Cc4cc[n+](C)cc4)cc3)cc2)cc1.[Cl-]. The van der Waals surface area contributed by atoms with Crippen molar-refractivity contribution in [3.8, 4) is 35.5 Å². The van der Waals surface area contributed by atoms with Crippen LogP contribution in [-0.2, 0) is 21.1 Å². The van der Waals surface area contributed by atoms with Crippen molar-refractivity contribution in [3.05, 3.63) is 180 Å². The number of hydrogen-bond acceptors (Lipinski definition) is 1. The summed E-state index contributed by atoms with van der Waals surface area (Å²) in [4.78, 5) is 2.23. The van der Waals surface area contributed by atoms with Gasteiger partial charge in [-0.25, -0.2) is 13.7 Å². The minimum absolute atomic E-state index is 0. The highest BCUT2D eigenvalue weighted by atomic mass is 35.5. The van der Waals surface area contributed by atoms with Crippen molar-refractivity contribution in [2.24, 2.45) is 21.1 Å². The van der Waals surface area contributed by atoms with Gasteiger partial charge in [0.05, 0.1) is 0 Å². The van der Waals surface area contributed by atoms with Crippen LogP contribution in [0, 0.1) is 35.5 Å². The number of nitrogens with zero attached hydrogens (tertiary/aromatic N) is 4. The molecule has 0 N–H and O–H groups in total. The van der Waals surface area contributed by atoms with E-state index in [0.717, 1.165) is 50.4 Å². The van der Waals surface area contributed by atoms with E-state index in [-0.39, 0.29) is 12.4 Å². The normalized spacial score (nSPS) is 9.77. The molecule has 0 aliphatic rings. The highest BCUT2D eigenvalue weighted by Crippen LogP contribution is 2.34. The van der Waals surface area contributed by atoms with Gasteiger partial charge in [0.1, 0.15) is 21.1 Å². The van der Waals surface area contributed by atoms with Crippen molar-refractivity contribution >= 4 is 17.1 Å². The van der Waals surface area contributed by atoms with Gasteiger partial charge in [0, 0.05) is 86.8 Å². The van der Waals surface area contributed by atoms with E-state index in [2.05, 4.69) is 113 Å². The molecule has 226 valence electrons. The summed E-state index contributed by atoms with van der Waals surface area (Å²) in [6.07, 6.45) is 12.0. The molecule has 0 atom stereocenters. The third-order valence-corrected chi connectivity index (χ3v) is 7.37. The summed E-state index contributed by atoms with van der Waals surface area (Å²) >= 11 is 0.